The van der Waals surface area contributed by atoms with Gasteiger partial charge in [0.05, 0.1) is 29.5 Å². The van der Waals surface area contributed by atoms with Crippen molar-refractivity contribution in [3.05, 3.63) is 65.6 Å². The number of aromatic nitrogens is 2. The molecule has 0 radical (unpaired) electrons. The van der Waals surface area contributed by atoms with Gasteiger partial charge in [0.2, 0.25) is 5.13 Å². The SMILES string of the molecule is COc1cc(C(F)(F)F)ccc1-c1nccc2cc(S(=O)(=O)N(OC(=O)C(F)(F)F)c3ncc(F)s3)ccc12. The first kappa shape index (κ1) is 28.0. The molecule has 0 fully saturated rings. The normalized spacial score (nSPS) is 12.4. The van der Waals surface area contributed by atoms with Gasteiger partial charge in [-0.3, -0.25) is 4.98 Å². The van der Waals surface area contributed by atoms with E-state index in [-0.39, 0.29) is 39.1 Å². The maximum Gasteiger partial charge on any atom is 0.493 e. The van der Waals surface area contributed by atoms with Crippen molar-refractivity contribution in [2.24, 2.45) is 0 Å². The van der Waals surface area contributed by atoms with Crippen LogP contribution in [0.1, 0.15) is 5.56 Å². The summed E-state index contributed by atoms with van der Waals surface area (Å²) in [7, 11) is -3.95. The van der Waals surface area contributed by atoms with E-state index < -0.39 is 53.5 Å². The van der Waals surface area contributed by atoms with Crippen molar-refractivity contribution in [3.63, 3.8) is 0 Å². The van der Waals surface area contributed by atoms with E-state index >= 15 is 0 Å². The first-order valence-electron chi connectivity index (χ1n) is 10.2. The molecule has 8 nitrogen and oxygen atoms in total. The Bertz CT molecular complexity index is 1670. The number of rotatable bonds is 6. The molecule has 39 heavy (non-hydrogen) atoms. The maximum absolute atomic E-state index is 13.5. The second-order valence-electron chi connectivity index (χ2n) is 7.51. The smallest absolute Gasteiger partial charge is 0.493 e. The van der Waals surface area contributed by atoms with Gasteiger partial charge >= 0.3 is 18.3 Å². The first-order valence-corrected chi connectivity index (χ1v) is 12.5. The van der Waals surface area contributed by atoms with Gasteiger partial charge in [0.15, 0.2) is 5.13 Å². The second-order valence-corrected chi connectivity index (χ2v) is 10.2. The number of anilines is 1. The van der Waals surface area contributed by atoms with Gasteiger partial charge in [-0.15, -0.1) is 0 Å². The monoisotopic (exact) mass is 595 g/mol. The lowest BCUT2D eigenvalue weighted by molar-refractivity contribution is -0.199. The average Bonchev–Trinajstić information content (AvgIpc) is 3.30. The summed E-state index contributed by atoms with van der Waals surface area (Å²) in [6, 6.07) is 7.11. The summed E-state index contributed by atoms with van der Waals surface area (Å²) in [4.78, 5) is 22.3. The van der Waals surface area contributed by atoms with E-state index in [9.17, 15) is 43.9 Å². The molecule has 0 bridgehead atoms. The van der Waals surface area contributed by atoms with Crippen LogP contribution in [-0.2, 0) is 25.8 Å². The van der Waals surface area contributed by atoms with Crippen molar-refractivity contribution >= 4 is 43.2 Å². The molecule has 0 saturated heterocycles. The minimum absolute atomic E-state index is 0.000680. The van der Waals surface area contributed by atoms with Gasteiger partial charge in [-0.2, -0.15) is 39.2 Å². The molecule has 2 aromatic carbocycles. The van der Waals surface area contributed by atoms with Crippen LogP contribution in [0.15, 0.2) is 59.8 Å². The zero-order valence-corrected chi connectivity index (χ0v) is 20.7. The predicted molar refractivity (Wildman–Crippen MR) is 123 cm³/mol. The van der Waals surface area contributed by atoms with Crippen molar-refractivity contribution < 1.29 is 53.5 Å². The number of alkyl halides is 6. The lowest BCUT2D eigenvalue weighted by atomic mass is 10.0. The minimum Gasteiger partial charge on any atom is -0.496 e. The molecule has 0 atom stereocenters. The van der Waals surface area contributed by atoms with Crippen LogP contribution in [0.4, 0.5) is 35.9 Å². The molecule has 4 aromatic rings. The average molecular weight is 595 g/mol. The highest BCUT2D eigenvalue weighted by Gasteiger charge is 2.45. The van der Waals surface area contributed by atoms with Gasteiger partial charge in [-0.05, 0) is 41.8 Å². The van der Waals surface area contributed by atoms with E-state index in [0.717, 1.165) is 37.4 Å². The van der Waals surface area contributed by atoms with E-state index in [1.54, 1.807) is 0 Å². The zero-order valence-electron chi connectivity index (χ0n) is 19.0. The Labute approximate surface area is 218 Å². The van der Waals surface area contributed by atoms with Crippen LogP contribution in [0.5, 0.6) is 5.75 Å². The molecule has 0 unspecified atom stereocenters. The molecule has 0 amide bonds. The summed E-state index contributed by atoms with van der Waals surface area (Å²) in [6.07, 6.45) is -8.51. The van der Waals surface area contributed by atoms with Crippen molar-refractivity contribution in [1.82, 2.24) is 9.97 Å². The highest BCUT2D eigenvalue weighted by atomic mass is 32.2. The fraction of sp³-hybridized carbons (Fsp3) is 0.136. The molecule has 0 aliphatic rings. The summed E-state index contributed by atoms with van der Waals surface area (Å²) in [5, 5.41) is -1.63. The molecule has 206 valence electrons. The Morgan fingerprint density at radius 1 is 1.00 bits per heavy atom. The zero-order chi connectivity index (χ0) is 28.8. The van der Waals surface area contributed by atoms with E-state index in [1.165, 1.54) is 18.3 Å². The van der Waals surface area contributed by atoms with Gasteiger partial charge in [-0.25, -0.2) is 9.78 Å². The minimum atomic E-state index is -5.59. The van der Waals surface area contributed by atoms with E-state index in [4.69, 9.17) is 4.74 Å². The summed E-state index contributed by atoms with van der Waals surface area (Å²) >= 11 is 0.000680. The molecule has 0 aliphatic heterocycles. The van der Waals surface area contributed by atoms with E-state index in [0.29, 0.717) is 6.20 Å². The molecule has 2 heterocycles. The number of ether oxygens (including phenoxy) is 1. The number of thiazole rings is 1. The Kier molecular flexibility index (Phi) is 7.16. The third-order valence-electron chi connectivity index (χ3n) is 5.05. The summed E-state index contributed by atoms with van der Waals surface area (Å²) in [5.41, 5.74) is -0.751. The fourth-order valence-corrected chi connectivity index (χ4v) is 5.37. The Hall–Kier alpha value is -3.99. The highest BCUT2D eigenvalue weighted by molar-refractivity contribution is 7.92. The lowest BCUT2D eigenvalue weighted by Crippen LogP contribution is -2.38. The first-order chi connectivity index (χ1) is 18.1. The largest absolute Gasteiger partial charge is 0.496 e. The Morgan fingerprint density at radius 3 is 2.31 bits per heavy atom. The van der Waals surface area contributed by atoms with Crippen LogP contribution in [-0.4, -0.2) is 37.6 Å². The lowest BCUT2D eigenvalue weighted by Gasteiger charge is -2.20. The van der Waals surface area contributed by atoms with Crippen molar-refractivity contribution in [2.45, 2.75) is 17.2 Å². The van der Waals surface area contributed by atoms with Crippen LogP contribution in [0.2, 0.25) is 0 Å². The number of benzene rings is 2. The molecular weight excluding hydrogens is 583 g/mol. The van der Waals surface area contributed by atoms with Crippen LogP contribution >= 0.6 is 11.3 Å². The van der Waals surface area contributed by atoms with Gasteiger partial charge in [0.1, 0.15) is 5.75 Å². The van der Waals surface area contributed by atoms with Crippen molar-refractivity contribution in [2.75, 3.05) is 11.6 Å². The highest BCUT2D eigenvalue weighted by Crippen LogP contribution is 2.39. The summed E-state index contributed by atoms with van der Waals surface area (Å²) in [6.45, 7) is 0. The van der Waals surface area contributed by atoms with Gasteiger partial charge in [0.25, 0.3) is 10.0 Å². The van der Waals surface area contributed by atoms with Crippen LogP contribution < -0.4 is 9.21 Å². The summed E-state index contributed by atoms with van der Waals surface area (Å²) < 4.78 is 122. The van der Waals surface area contributed by atoms with Crippen molar-refractivity contribution in [1.29, 1.82) is 0 Å². The Balaban J connectivity index is 1.82. The number of methoxy groups -OCH3 is 1. The van der Waals surface area contributed by atoms with E-state index in [2.05, 4.69) is 14.8 Å². The number of pyridine rings is 1. The molecule has 0 aliphatic carbocycles. The molecule has 2 aromatic heterocycles. The molecule has 0 spiro atoms. The van der Waals surface area contributed by atoms with Crippen LogP contribution in [0.3, 0.4) is 0 Å². The third-order valence-corrected chi connectivity index (χ3v) is 7.46. The number of carbonyl (C=O) groups is 1. The van der Waals surface area contributed by atoms with Gasteiger partial charge in [0, 0.05) is 17.1 Å². The van der Waals surface area contributed by atoms with Crippen molar-refractivity contribution in [3.8, 4) is 17.0 Å². The molecule has 17 heteroatoms. The number of hydrogen-bond acceptors (Lipinski definition) is 8. The van der Waals surface area contributed by atoms with Crippen LogP contribution in [0.25, 0.3) is 22.0 Å². The van der Waals surface area contributed by atoms with Gasteiger partial charge in [-0.1, -0.05) is 21.9 Å². The number of carbonyl (C=O) groups excluding carboxylic acids is 1. The quantitative estimate of drug-likeness (QED) is 0.207. The fourth-order valence-electron chi connectivity index (χ4n) is 3.34. The van der Waals surface area contributed by atoms with Gasteiger partial charge < -0.3 is 9.57 Å². The molecule has 0 N–H and O–H groups in total. The molecule has 4 rings (SSSR count). The third kappa shape index (κ3) is 5.58. The number of halogens is 7. The maximum atomic E-state index is 13.5. The topological polar surface area (TPSA) is 98.7 Å². The Morgan fingerprint density at radius 2 is 1.72 bits per heavy atom. The number of nitrogens with zero attached hydrogens (tertiary/aromatic N) is 3. The van der Waals surface area contributed by atoms with E-state index in [1.807, 2.05) is 0 Å². The number of fused-ring (bicyclic) bond motifs is 1. The molecular formula is C22H12F7N3O5S2. The second kappa shape index (κ2) is 9.96. The number of hydrogen-bond donors (Lipinski definition) is 0. The number of sulfonamides is 1. The standard InChI is InChI=1S/C22H12F7N3O5S2/c1-36-16-9-12(21(24,25)26)2-4-15(16)18-14-5-3-13(8-11(14)6-7-30-18)39(34,35)32(20-31-10-17(23)38-20)37-19(33)22(27,28)29/h2-10H,1H3. The summed E-state index contributed by atoms with van der Waals surface area (Å²) in [5.74, 6) is -3.08. The van der Waals surface area contributed by atoms with Crippen LogP contribution in [0, 0.1) is 5.13 Å². The predicted octanol–water partition coefficient (Wildman–Crippen LogP) is 5.74. The molecule has 0 saturated carbocycles.